The highest BCUT2D eigenvalue weighted by molar-refractivity contribution is 7.98. The summed E-state index contributed by atoms with van der Waals surface area (Å²) in [5.41, 5.74) is 5.18. The van der Waals surface area contributed by atoms with Crippen molar-refractivity contribution in [2.24, 2.45) is 11.7 Å². The second-order valence-electron chi connectivity index (χ2n) is 3.37. The predicted molar refractivity (Wildman–Crippen MR) is 61.3 cm³/mol. The zero-order valence-electron chi connectivity index (χ0n) is 8.54. The van der Waals surface area contributed by atoms with Crippen LogP contribution in [0.5, 0.6) is 0 Å². The maximum absolute atomic E-state index is 11.6. The number of hydrogen-bond donors (Lipinski definition) is 1. The van der Waals surface area contributed by atoms with Crippen molar-refractivity contribution in [3.8, 4) is 0 Å². The third-order valence-corrected chi connectivity index (χ3v) is 3.74. The minimum absolute atomic E-state index is 0.118. The van der Waals surface area contributed by atoms with E-state index in [2.05, 4.69) is 9.36 Å². The van der Waals surface area contributed by atoms with Crippen molar-refractivity contribution in [3.05, 3.63) is 0 Å². The number of amides is 2. The van der Waals surface area contributed by atoms with Gasteiger partial charge >= 0.3 is 0 Å². The first-order valence-electron chi connectivity index (χ1n) is 4.59. The monoisotopic (exact) mass is 258 g/mol. The summed E-state index contributed by atoms with van der Waals surface area (Å²) in [4.78, 5) is 28.3. The molecule has 2 N–H and O–H groups in total. The van der Waals surface area contributed by atoms with Crippen molar-refractivity contribution in [2.45, 2.75) is 11.6 Å². The molecular formula is C8H10N4O2S2. The van der Waals surface area contributed by atoms with E-state index in [1.807, 2.05) is 6.26 Å². The van der Waals surface area contributed by atoms with E-state index in [1.54, 1.807) is 0 Å². The van der Waals surface area contributed by atoms with Crippen LogP contribution in [0.3, 0.4) is 0 Å². The van der Waals surface area contributed by atoms with Crippen LogP contribution in [0.1, 0.15) is 6.42 Å². The highest BCUT2D eigenvalue weighted by atomic mass is 32.2. The molecule has 6 nitrogen and oxygen atoms in total. The summed E-state index contributed by atoms with van der Waals surface area (Å²) in [5.74, 6) is -0.966. The number of carbonyl (C=O) groups is 2. The van der Waals surface area contributed by atoms with E-state index in [0.29, 0.717) is 16.8 Å². The van der Waals surface area contributed by atoms with Crippen molar-refractivity contribution in [2.75, 3.05) is 17.7 Å². The molecule has 8 heteroatoms. The van der Waals surface area contributed by atoms with Crippen molar-refractivity contribution in [1.29, 1.82) is 0 Å². The van der Waals surface area contributed by atoms with Crippen molar-refractivity contribution < 1.29 is 9.59 Å². The Kier molecular flexibility index (Phi) is 3.10. The molecule has 0 aliphatic carbocycles. The Balaban J connectivity index is 2.16. The van der Waals surface area contributed by atoms with Gasteiger partial charge in [0.05, 0.1) is 5.92 Å². The molecule has 0 aromatic carbocycles. The van der Waals surface area contributed by atoms with Crippen LogP contribution in [-0.2, 0) is 9.59 Å². The first-order valence-corrected chi connectivity index (χ1v) is 6.59. The van der Waals surface area contributed by atoms with Crippen molar-refractivity contribution in [1.82, 2.24) is 9.36 Å². The molecule has 0 bridgehead atoms. The normalized spacial score (nSPS) is 20.4. The molecule has 1 atom stereocenters. The van der Waals surface area contributed by atoms with Gasteiger partial charge in [0.15, 0.2) is 0 Å². The van der Waals surface area contributed by atoms with Crippen LogP contribution >= 0.6 is 23.3 Å². The zero-order chi connectivity index (χ0) is 11.7. The van der Waals surface area contributed by atoms with E-state index < -0.39 is 11.8 Å². The van der Waals surface area contributed by atoms with Crippen LogP contribution in [-0.4, -0.2) is 34.0 Å². The molecule has 1 aliphatic rings. The first kappa shape index (κ1) is 11.3. The van der Waals surface area contributed by atoms with Crippen LogP contribution < -0.4 is 10.6 Å². The predicted octanol–water partition coefficient (Wildman–Crippen LogP) is 0.0982. The largest absolute Gasteiger partial charge is 0.369 e. The number of hydrogen-bond acceptors (Lipinski definition) is 6. The second kappa shape index (κ2) is 4.38. The summed E-state index contributed by atoms with van der Waals surface area (Å²) in [6, 6.07) is 0. The summed E-state index contributed by atoms with van der Waals surface area (Å²) in [7, 11) is 0. The number of rotatable bonds is 3. The van der Waals surface area contributed by atoms with Crippen molar-refractivity contribution in [3.63, 3.8) is 0 Å². The first-order chi connectivity index (χ1) is 7.61. The standard InChI is InChI=1S/C8H10N4O2S2/c1-15-7-10-8(16-11-7)12-3-4(6(9)14)2-5(12)13/h4H,2-3H2,1H3,(H2,9,14). The molecule has 1 unspecified atom stereocenters. The minimum atomic E-state index is -0.439. The van der Waals surface area contributed by atoms with E-state index in [1.165, 1.54) is 16.7 Å². The fraction of sp³-hybridized carbons (Fsp3) is 0.500. The van der Waals surface area contributed by atoms with E-state index in [9.17, 15) is 9.59 Å². The number of nitrogens with zero attached hydrogens (tertiary/aromatic N) is 3. The van der Waals surface area contributed by atoms with Gasteiger partial charge in [-0.15, -0.1) is 0 Å². The zero-order valence-corrected chi connectivity index (χ0v) is 10.2. The summed E-state index contributed by atoms with van der Waals surface area (Å²) < 4.78 is 4.07. The van der Waals surface area contributed by atoms with Crippen LogP contribution in [0.15, 0.2) is 5.16 Å². The average molecular weight is 258 g/mol. The quantitative estimate of drug-likeness (QED) is 0.777. The lowest BCUT2D eigenvalue weighted by Crippen LogP contribution is -2.28. The highest BCUT2D eigenvalue weighted by Crippen LogP contribution is 2.28. The summed E-state index contributed by atoms with van der Waals surface area (Å²) in [6.45, 7) is 0.317. The molecule has 86 valence electrons. The average Bonchev–Trinajstić information content (AvgIpc) is 2.83. The molecule has 2 heterocycles. The molecule has 1 aliphatic heterocycles. The molecule has 1 aromatic rings. The number of carbonyl (C=O) groups excluding carboxylic acids is 2. The van der Waals surface area contributed by atoms with E-state index in [0.717, 1.165) is 11.5 Å². The van der Waals surface area contributed by atoms with Gasteiger partial charge in [-0.05, 0) is 6.26 Å². The summed E-state index contributed by atoms with van der Waals surface area (Å²) >= 11 is 2.58. The Hall–Kier alpha value is -1.15. The molecule has 16 heavy (non-hydrogen) atoms. The lowest BCUT2D eigenvalue weighted by atomic mass is 10.1. The molecule has 1 fully saturated rings. The van der Waals surface area contributed by atoms with E-state index >= 15 is 0 Å². The number of thioether (sulfide) groups is 1. The molecule has 0 saturated carbocycles. The molecule has 2 amide bonds. The fourth-order valence-electron chi connectivity index (χ4n) is 1.48. The smallest absolute Gasteiger partial charge is 0.229 e. The highest BCUT2D eigenvalue weighted by Gasteiger charge is 2.35. The Labute approximate surface area is 100 Å². The Morgan fingerprint density at radius 2 is 2.44 bits per heavy atom. The third kappa shape index (κ3) is 2.03. The van der Waals surface area contributed by atoms with E-state index in [4.69, 9.17) is 5.73 Å². The number of aromatic nitrogens is 2. The van der Waals surface area contributed by atoms with Crippen LogP contribution in [0.2, 0.25) is 0 Å². The molecular weight excluding hydrogens is 248 g/mol. The van der Waals surface area contributed by atoms with Crippen molar-refractivity contribution >= 4 is 40.2 Å². The molecule has 1 aromatic heterocycles. The Morgan fingerprint density at radius 3 is 2.94 bits per heavy atom. The lowest BCUT2D eigenvalue weighted by molar-refractivity contribution is -0.123. The van der Waals surface area contributed by atoms with Gasteiger partial charge in [0.1, 0.15) is 0 Å². The maximum Gasteiger partial charge on any atom is 0.229 e. The van der Waals surface area contributed by atoms with Crippen LogP contribution in [0.4, 0.5) is 5.13 Å². The number of nitrogens with two attached hydrogens (primary N) is 1. The van der Waals surface area contributed by atoms with Gasteiger partial charge in [-0.3, -0.25) is 14.5 Å². The Bertz CT molecular complexity index is 433. The summed E-state index contributed by atoms with van der Waals surface area (Å²) in [5, 5.41) is 1.17. The second-order valence-corrected chi connectivity index (χ2v) is 4.88. The molecule has 0 radical (unpaired) electrons. The van der Waals surface area contributed by atoms with Gasteiger partial charge in [0, 0.05) is 24.5 Å². The van der Waals surface area contributed by atoms with Gasteiger partial charge in [-0.25, -0.2) is 0 Å². The van der Waals surface area contributed by atoms with Gasteiger partial charge in [-0.1, -0.05) is 11.8 Å². The number of primary amides is 1. The SMILES string of the molecule is CSc1nsc(N2CC(C(N)=O)CC2=O)n1. The maximum atomic E-state index is 11.6. The lowest BCUT2D eigenvalue weighted by Gasteiger charge is -2.10. The van der Waals surface area contributed by atoms with Crippen LogP contribution in [0.25, 0.3) is 0 Å². The minimum Gasteiger partial charge on any atom is -0.369 e. The number of anilines is 1. The summed E-state index contributed by atoms with van der Waals surface area (Å²) in [6.07, 6.45) is 2.04. The molecule has 2 rings (SSSR count). The van der Waals surface area contributed by atoms with Gasteiger partial charge in [0.25, 0.3) is 0 Å². The topological polar surface area (TPSA) is 89.2 Å². The van der Waals surface area contributed by atoms with E-state index in [-0.39, 0.29) is 12.3 Å². The molecule has 0 spiro atoms. The third-order valence-electron chi connectivity index (χ3n) is 2.34. The van der Waals surface area contributed by atoms with Gasteiger partial charge in [-0.2, -0.15) is 9.36 Å². The van der Waals surface area contributed by atoms with Gasteiger partial charge < -0.3 is 5.73 Å². The molecule has 1 saturated heterocycles. The fourth-order valence-corrected chi connectivity index (χ4v) is 2.73. The van der Waals surface area contributed by atoms with Gasteiger partial charge in [0.2, 0.25) is 22.1 Å². The van der Waals surface area contributed by atoms with Crippen LogP contribution in [0, 0.1) is 5.92 Å². The Morgan fingerprint density at radius 1 is 1.69 bits per heavy atom.